The molecule has 8 nitrogen and oxygen atoms in total. The minimum absolute atomic E-state index is 0.253. The Bertz CT molecular complexity index is 1060. The molecule has 2 aromatic rings. The zero-order valence-corrected chi connectivity index (χ0v) is 20.1. The van der Waals surface area contributed by atoms with Gasteiger partial charge in [-0.3, -0.25) is 9.10 Å². The Hall–Kier alpha value is -2.85. The fraction of sp³-hybridized carbons (Fsp3) is 0.391. The van der Waals surface area contributed by atoms with Crippen LogP contribution in [0, 0.1) is 0 Å². The number of esters is 1. The van der Waals surface area contributed by atoms with Gasteiger partial charge in [-0.25, -0.2) is 13.2 Å². The lowest BCUT2D eigenvalue weighted by molar-refractivity contribution is -0.150. The van der Waals surface area contributed by atoms with Gasteiger partial charge in [0.25, 0.3) is 15.9 Å². The molecule has 0 atom stereocenters. The van der Waals surface area contributed by atoms with Crippen LogP contribution in [0.2, 0.25) is 0 Å². The number of anilines is 1. The third-order valence-corrected chi connectivity index (χ3v) is 8.34. The van der Waals surface area contributed by atoms with Crippen LogP contribution in [0.5, 0.6) is 5.75 Å². The lowest BCUT2D eigenvalue weighted by Crippen LogP contribution is -2.30. The Labute approximate surface area is 198 Å². The predicted octanol–water partition coefficient (Wildman–Crippen LogP) is 3.50. The lowest BCUT2D eigenvalue weighted by Gasteiger charge is -2.18. The van der Waals surface area contributed by atoms with E-state index in [1.54, 1.807) is 41.8 Å². The van der Waals surface area contributed by atoms with E-state index in [-0.39, 0.29) is 23.3 Å². The zero-order chi connectivity index (χ0) is 23.7. The molecular weight excluding hydrogens is 464 g/mol. The number of nitrogens with zero attached hydrogens (tertiary/aromatic N) is 1. The number of amides is 1. The highest BCUT2D eigenvalue weighted by Gasteiger charge is 2.22. The molecule has 0 bridgehead atoms. The summed E-state index contributed by atoms with van der Waals surface area (Å²) < 4.78 is 36.9. The number of carbonyl (C=O) groups is 2. The minimum Gasteiger partial charge on any atom is -0.482 e. The number of thiophene rings is 1. The third kappa shape index (κ3) is 7.33. The summed E-state index contributed by atoms with van der Waals surface area (Å²) in [6, 6.07) is 9.53. The Balaban J connectivity index is 1.37. The first-order valence-electron chi connectivity index (χ1n) is 10.7. The van der Waals surface area contributed by atoms with Gasteiger partial charge in [-0.05, 0) is 67.8 Å². The van der Waals surface area contributed by atoms with E-state index in [1.807, 2.05) is 0 Å². The summed E-state index contributed by atoms with van der Waals surface area (Å²) in [4.78, 5) is 23.7. The van der Waals surface area contributed by atoms with E-state index < -0.39 is 16.0 Å². The molecule has 0 aliphatic heterocycles. The van der Waals surface area contributed by atoms with Crippen molar-refractivity contribution in [2.45, 2.75) is 36.3 Å². The molecule has 1 aliphatic carbocycles. The van der Waals surface area contributed by atoms with Gasteiger partial charge in [-0.15, -0.1) is 11.3 Å². The van der Waals surface area contributed by atoms with Crippen molar-refractivity contribution in [3.63, 3.8) is 0 Å². The SMILES string of the molecule is CN(c1ccc(OCC(=O)OCC(=O)NCCC2=CCCCC2)cc1)S(=O)(=O)c1cccs1. The molecule has 33 heavy (non-hydrogen) atoms. The number of rotatable bonds is 11. The standard InChI is InChI=1S/C23H28N2O6S2/c1-25(33(28,29)23-8-5-15-32-23)19-9-11-20(12-10-19)30-17-22(27)31-16-21(26)24-14-13-18-6-3-2-4-7-18/h5-6,8-12,15H,2-4,7,13-14,16-17H2,1H3,(H,24,26). The quantitative estimate of drug-likeness (QED) is 0.381. The molecule has 1 aliphatic rings. The van der Waals surface area contributed by atoms with Crippen molar-refractivity contribution in [2.24, 2.45) is 0 Å². The zero-order valence-electron chi connectivity index (χ0n) is 18.5. The van der Waals surface area contributed by atoms with Crippen LogP contribution in [0.1, 0.15) is 32.1 Å². The van der Waals surface area contributed by atoms with Crippen molar-refractivity contribution < 1.29 is 27.5 Å². The van der Waals surface area contributed by atoms with Crippen molar-refractivity contribution in [3.05, 3.63) is 53.4 Å². The van der Waals surface area contributed by atoms with E-state index in [1.165, 1.54) is 29.8 Å². The van der Waals surface area contributed by atoms with Crippen LogP contribution in [0.3, 0.4) is 0 Å². The first-order chi connectivity index (χ1) is 15.9. The molecule has 0 spiro atoms. The molecule has 0 fully saturated rings. The van der Waals surface area contributed by atoms with Crippen LogP contribution < -0.4 is 14.4 Å². The maximum Gasteiger partial charge on any atom is 0.344 e. The van der Waals surface area contributed by atoms with Gasteiger partial charge in [0.05, 0.1) is 5.69 Å². The summed E-state index contributed by atoms with van der Waals surface area (Å²) in [6.07, 6.45) is 7.68. The fourth-order valence-electron chi connectivity index (χ4n) is 3.31. The molecular formula is C23H28N2O6S2. The van der Waals surface area contributed by atoms with Crippen LogP contribution >= 0.6 is 11.3 Å². The maximum atomic E-state index is 12.6. The van der Waals surface area contributed by atoms with E-state index >= 15 is 0 Å². The van der Waals surface area contributed by atoms with Crippen LogP contribution in [0.25, 0.3) is 0 Å². The molecule has 0 saturated heterocycles. The molecule has 1 amide bonds. The molecule has 1 N–H and O–H groups in total. The number of ether oxygens (including phenoxy) is 2. The van der Waals surface area contributed by atoms with Gasteiger partial charge in [0.15, 0.2) is 13.2 Å². The van der Waals surface area contributed by atoms with Gasteiger partial charge < -0.3 is 14.8 Å². The lowest BCUT2D eigenvalue weighted by atomic mass is 9.97. The van der Waals surface area contributed by atoms with Gasteiger partial charge in [0.2, 0.25) is 0 Å². The highest BCUT2D eigenvalue weighted by atomic mass is 32.2. The summed E-state index contributed by atoms with van der Waals surface area (Å²) in [5.41, 5.74) is 1.83. The van der Waals surface area contributed by atoms with Crippen molar-refractivity contribution in [1.29, 1.82) is 0 Å². The fourth-order valence-corrected chi connectivity index (χ4v) is 5.67. The highest BCUT2D eigenvalue weighted by Crippen LogP contribution is 2.26. The average Bonchev–Trinajstić information content (AvgIpc) is 3.38. The Morgan fingerprint density at radius 2 is 1.91 bits per heavy atom. The van der Waals surface area contributed by atoms with E-state index in [0.29, 0.717) is 18.0 Å². The number of hydrogen-bond acceptors (Lipinski definition) is 7. The molecule has 10 heteroatoms. The Kier molecular flexibility index (Phi) is 8.90. The topological polar surface area (TPSA) is 102 Å². The van der Waals surface area contributed by atoms with Gasteiger partial charge in [0.1, 0.15) is 9.96 Å². The summed E-state index contributed by atoms with van der Waals surface area (Å²) in [7, 11) is -2.15. The largest absolute Gasteiger partial charge is 0.482 e. The van der Waals surface area contributed by atoms with E-state index in [4.69, 9.17) is 9.47 Å². The summed E-state index contributed by atoms with van der Waals surface area (Å²) in [6.45, 7) is -0.184. The van der Waals surface area contributed by atoms with Crippen molar-refractivity contribution in [1.82, 2.24) is 5.32 Å². The summed E-state index contributed by atoms with van der Waals surface area (Å²) in [5, 5.41) is 4.45. The van der Waals surface area contributed by atoms with Crippen LogP contribution in [-0.4, -0.2) is 47.1 Å². The smallest absolute Gasteiger partial charge is 0.344 e. The number of benzene rings is 1. The number of hydrogen-bond donors (Lipinski definition) is 1. The average molecular weight is 493 g/mol. The summed E-state index contributed by atoms with van der Waals surface area (Å²) >= 11 is 1.15. The van der Waals surface area contributed by atoms with Crippen LogP contribution in [-0.2, 0) is 24.3 Å². The van der Waals surface area contributed by atoms with Crippen molar-refractivity contribution >= 4 is 38.9 Å². The minimum atomic E-state index is -3.62. The van der Waals surface area contributed by atoms with Gasteiger partial charge in [-0.2, -0.15) is 0 Å². The monoisotopic (exact) mass is 492 g/mol. The van der Waals surface area contributed by atoms with Crippen LogP contribution in [0.15, 0.2) is 57.6 Å². The van der Waals surface area contributed by atoms with E-state index in [0.717, 1.165) is 30.6 Å². The second kappa shape index (κ2) is 11.9. The van der Waals surface area contributed by atoms with Gasteiger partial charge in [0, 0.05) is 13.6 Å². The Morgan fingerprint density at radius 3 is 2.58 bits per heavy atom. The molecule has 0 saturated carbocycles. The molecule has 3 rings (SSSR count). The van der Waals surface area contributed by atoms with E-state index in [9.17, 15) is 18.0 Å². The Morgan fingerprint density at radius 1 is 1.12 bits per heavy atom. The number of sulfonamides is 1. The number of allylic oxidation sites excluding steroid dienone is 1. The molecule has 178 valence electrons. The third-order valence-electron chi connectivity index (χ3n) is 5.18. The first-order valence-corrected chi connectivity index (χ1v) is 13.0. The van der Waals surface area contributed by atoms with Crippen LogP contribution in [0.4, 0.5) is 5.69 Å². The van der Waals surface area contributed by atoms with Crippen molar-refractivity contribution in [2.75, 3.05) is 31.1 Å². The van der Waals surface area contributed by atoms with Gasteiger partial charge in [-0.1, -0.05) is 17.7 Å². The molecule has 1 heterocycles. The number of nitrogens with one attached hydrogen (secondary N) is 1. The highest BCUT2D eigenvalue weighted by molar-refractivity contribution is 7.94. The maximum absolute atomic E-state index is 12.6. The number of carbonyl (C=O) groups excluding carboxylic acids is 2. The van der Waals surface area contributed by atoms with E-state index in [2.05, 4.69) is 11.4 Å². The molecule has 1 aromatic carbocycles. The second-order valence-corrected chi connectivity index (χ2v) is 10.7. The molecule has 0 radical (unpaired) electrons. The molecule has 0 unspecified atom stereocenters. The summed E-state index contributed by atoms with van der Waals surface area (Å²) in [5.74, 6) is -0.636. The predicted molar refractivity (Wildman–Crippen MR) is 127 cm³/mol. The normalized spacial score (nSPS) is 13.7. The first kappa shape index (κ1) is 24.8. The van der Waals surface area contributed by atoms with Gasteiger partial charge >= 0.3 is 5.97 Å². The second-order valence-electron chi connectivity index (χ2n) is 7.56. The van der Waals surface area contributed by atoms with Crippen molar-refractivity contribution in [3.8, 4) is 5.75 Å². The molecule has 1 aromatic heterocycles.